The molecule has 1 aromatic heterocycles. The molecule has 70 valence electrons. The SMILES string of the molecule is Cc1ccc(C=CCCO)c(Cl)n1. The molecular formula is C10H12ClNO. The molecule has 1 N–H and O–H groups in total. The topological polar surface area (TPSA) is 33.1 Å². The first-order valence-corrected chi connectivity index (χ1v) is 4.52. The third kappa shape index (κ3) is 3.17. The predicted molar refractivity (Wildman–Crippen MR) is 54.7 cm³/mol. The van der Waals surface area contributed by atoms with Crippen molar-refractivity contribution in [3.05, 3.63) is 34.6 Å². The molecule has 3 heteroatoms. The molecule has 0 atom stereocenters. The minimum atomic E-state index is 0.160. The fourth-order valence-electron chi connectivity index (χ4n) is 0.945. The van der Waals surface area contributed by atoms with Gasteiger partial charge in [-0.25, -0.2) is 4.98 Å². The van der Waals surface area contributed by atoms with E-state index < -0.39 is 0 Å². The molecule has 1 aromatic rings. The first-order valence-electron chi connectivity index (χ1n) is 4.14. The predicted octanol–water partition coefficient (Wildman–Crippen LogP) is 2.44. The van der Waals surface area contributed by atoms with E-state index >= 15 is 0 Å². The summed E-state index contributed by atoms with van der Waals surface area (Å²) in [5.41, 5.74) is 1.80. The maximum absolute atomic E-state index is 8.56. The van der Waals surface area contributed by atoms with Gasteiger partial charge in [0.05, 0.1) is 0 Å². The van der Waals surface area contributed by atoms with Crippen molar-refractivity contribution in [2.24, 2.45) is 0 Å². The summed E-state index contributed by atoms with van der Waals surface area (Å²) in [5.74, 6) is 0. The summed E-state index contributed by atoms with van der Waals surface area (Å²) in [6, 6.07) is 3.82. The molecule has 0 spiro atoms. The molecule has 0 saturated carbocycles. The number of aliphatic hydroxyl groups excluding tert-OH is 1. The van der Waals surface area contributed by atoms with E-state index in [1.54, 1.807) is 0 Å². The van der Waals surface area contributed by atoms with Gasteiger partial charge in [0.25, 0.3) is 0 Å². The van der Waals surface area contributed by atoms with E-state index in [1.807, 2.05) is 31.2 Å². The van der Waals surface area contributed by atoms with Crippen LogP contribution in [0.1, 0.15) is 17.7 Å². The standard InChI is InChI=1S/C10H12ClNO/c1-8-5-6-9(10(11)12-8)4-2-3-7-13/h2,4-6,13H,3,7H2,1H3. The van der Waals surface area contributed by atoms with E-state index in [0.717, 1.165) is 11.3 Å². The number of halogens is 1. The van der Waals surface area contributed by atoms with Crippen molar-refractivity contribution < 1.29 is 5.11 Å². The largest absolute Gasteiger partial charge is 0.396 e. The van der Waals surface area contributed by atoms with Gasteiger partial charge in [-0.05, 0) is 19.4 Å². The van der Waals surface area contributed by atoms with Gasteiger partial charge < -0.3 is 5.11 Å². The van der Waals surface area contributed by atoms with E-state index in [1.165, 1.54) is 0 Å². The van der Waals surface area contributed by atoms with Gasteiger partial charge in [-0.15, -0.1) is 0 Å². The van der Waals surface area contributed by atoms with Crippen LogP contribution in [0.4, 0.5) is 0 Å². The van der Waals surface area contributed by atoms with Crippen molar-refractivity contribution in [3.8, 4) is 0 Å². The van der Waals surface area contributed by atoms with Crippen LogP contribution in [0.15, 0.2) is 18.2 Å². The highest BCUT2D eigenvalue weighted by molar-refractivity contribution is 6.30. The van der Waals surface area contributed by atoms with Crippen LogP contribution in [-0.4, -0.2) is 16.7 Å². The maximum Gasteiger partial charge on any atom is 0.136 e. The first-order chi connectivity index (χ1) is 6.24. The number of rotatable bonds is 3. The summed E-state index contributed by atoms with van der Waals surface area (Å²) in [5, 5.41) is 9.07. The Labute approximate surface area is 82.9 Å². The summed E-state index contributed by atoms with van der Waals surface area (Å²) in [7, 11) is 0. The van der Waals surface area contributed by atoms with Gasteiger partial charge in [0, 0.05) is 17.9 Å². The van der Waals surface area contributed by atoms with E-state index in [-0.39, 0.29) is 6.61 Å². The van der Waals surface area contributed by atoms with Crippen LogP contribution in [0.2, 0.25) is 5.15 Å². The molecule has 0 amide bonds. The minimum absolute atomic E-state index is 0.160. The summed E-state index contributed by atoms with van der Waals surface area (Å²) in [6.45, 7) is 2.06. The average molecular weight is 198 g/mol. The second kappa shape index (κ2) is 5.00. The highest BCUT2D eigenvalue weighted by atomic mass is 35.5. The molecule has 2 nitrogen and oxygen atoms in total. The molecule has 0 aliphatic heterocycles. The first kappa shape index (κ1) is 10.2. The maximum atomic E-state index is 8.56. The lowest BCUT2D eigenvalue weighted by atomic mass is 10.2. The highest BCUT2D eigenvalue weighted by Gasteiger charge is 1.96. The monoisotopic (exact) mass is 197 g/mol. The van der Waals surface area contributed by atoms with E-state index in [2.05, 4.69) is 4.98 Å². The quantitative estimate of drug-likeness (QED) is 0.756. The van der Waals surface area contributed by atoms with Crippen LogP contribution < -0.4 is 0 Å². The lowest BCUT2D eigenvalue weighted by Crippen LogP contribution is -1.84. The number of pyridine rings is 1. The molecule has 0 saturated heterocycles. The van der Waals surface area contributed by atoms with Gasteiger partial charge in [0.1, 0.15) is 5.15 Å². The molecule has 0 aromatic carbocycles. The van der Waals surface area contributed by atoms with Crippen molar-refractivity contribution >= 4 is 17.7 Å². The van der Waals surface area contributed by atoms with Crippen LogP contribution in [0.5, 0.6) is 0 Å². The van der Waals surface area contributed by atoms with Gasteiger partial charge >= 0.3 is 0 Å². The van der Waals surface area contributed by atoms with Crippen LogP contribution in [0.3, 0.4) is 0 Å². The van der Waals surface area contributed by atoms with Gasteiger partial charge in [0.2, 0.25) is 0 Å². The van der Waals surface area contributed by atoms with Crippen molar-refractivity contribution in [3.63, 3.8) is 0 Å². The fraction of sp³-hybridized carbons (Fsp3) is 0.300. The summed E-state index contributed by atoms with van der Waals surface area (Å²) < 4.78 is 0. The van der Waals surface area contributed by atoms with Crippen molar-refractivity contribution in [2.75, 3.05) is 6.61 Å². The van der Waals surface area contributed by atoms with E-state index in [4.69, 9.17) is 16.7 Å². The van der Waals surface area contributed by atoms with Gasteiger partial charge in [0.15, 0.2) is 0 Å². The number of aromatic nitrogens is 1. The molecule has 0 aliphatic rings. The summed E-state index contributed by atoms with van der Waals surface area (Å²) in [4.78, 5) is 4.10. The number of hydrogen-bond acceptors (Lipinski definition) is 2. The zero-order chi connectivity index (χ0) is 9.68. The Kier molecular flexibility index (Phi) is 3.93. The summed E-state index contributed by atoms with van der Waals surface area (Å²) >= 11 is 5.88. The summed E-state index contributed by atoms with van der Waals surface area (Å²) in [6.07, 6.45) is 4.38. The smallest absolute Gasteiger partial charge is 0.136 e. The molecular weight excluding hydrogens is 186 g/mol. The van der Waals surface area contributed by atoms with Crippen LogP contribution >= 0.6 is 11.6 Å². The highest BCUT2D eigenvalue weighted by Crippen LogP contribution is 2.15. The zero-order valence-corrected chi connectivity index (χ0v) is 8.25. The van der Waals surface area contributed by atoms with Crippen LogP contribution in [0, 0.1) is 6.92 Å². The molecule has 1 heterocycles. The Hall–Kier alpha value is -0.860. The van der Waals surface area contributed by atoms with Crippen molar-refractivity contribution in [2.45, 2.75) is 13.3 Å². The van der Waals surface area contributed by atoms with Gasteiger partial charge in [-0.2, -0.15) is 0 Å². The molecule has 0 aliphatic carbocycles. The van der Waals surface area contributed by atoms with Crippen molar-refractivity contribution in [1.29, 1.82) is 0 Å². The lowest BCUT2D eigenvalue weighted by Gasteiger charge is -1.98. The Morgan fingerprint density at radius 3 is 2.92 bits per heavy atom. The molecule has 0 unspecified atom stereocenters. The molecule has 13 heavy (non-hydrogen) atoms. The lowest BCUT2D eigenvalue weighted by molar-refractivity contribution is 0.303. The minimum Gasteiger partial charge on any atom is -0.396 e. The van der Waals surface area contributed by atoms with Crippen molar-refractivity contribution in [1.82, 2.24) is 4.98 Å². The number of nitrogens with zero attached hydrogens (tertiary/aromatic N) is 1. The molecule has 1 rings (SSSR count). The average Bonchev–Trinajstić information content (AvgIpc) is 2.09. The van der Waals surface area contributed by atoms with Gasteiger partial charge in [-0.1, -0.05) is 29.8 Å². The van der Waals surface area contributed by atoms with Gasteiger partial charge in [-0.3, -0.25) is 0 Å². The number of aliphatic hydroxyl groups is 1. The number of hydrogen-bond donors (Lipinski definition) is 1. The van der Waals surface area contributed by atoms with Crippen LogP contribution in [0.25, 0.3) is 6.08 Å². The third-order valence-corrected chi connectivity index (χ3v) is 1.91. The fourth-order valence-corrected chi connectivity index (χ4v) is 1.20. The Balaban J connectivity index is 2.77. The van der Waals surface area contributed by atoms with E-state index in [9.17, 15) is 0 Å². The molecule has 0 radical (unpaired) electrons. The van der Waals surface area contributed by atoms with Crippen LogP contribution in [-0.2, 0) is 0 Å². The number of aryl methyl sites for hydroxylation is 1. The second-order valence-corrected chi connectivity index (χ2v) is 3.11. The van der Waals surface area contributed by atoms with E-state index in [0.29, 0.717) is 11.6 Å². The Morgan fingerprint density at radius 1 is 1.54 bits per heavy atom. The normalized spacial score (nSPS) is 11.0. The Morgan fingerprint density at radius 2 is 2.31 bits per heavy atom. The molecule has 0 bridgehead atoms. The third-order valence-electron chi connectivity index (χ3n) is 1.61. The molecule has 0 fully saturated rings. The second-order valence-electron chi connectivity index (χ2n) is 2.75. The Bertz CT molecular complexity index is 310. The zero-order valence-electron chi connectivity index (χ0n) is 7.50.